The number of carbonyl (C=O) groups excluding carboxylic acids is 1. The second-order valence-corrected chi connectivity index (χ2v) is 7.10. The first-order valence-electron chi connectivity index (χ1n) is 7.77. The Kier molecular flexibility index (Phi) is 5.97. The van der Waals surface area contributed by atoms with Crippen molar-refractivity contribution in [3.63, 3.8) is 0 Å². The van der Waals surface area contributed by atoms with E-state index in [1.54, 1.807) is 6.92 Å². The van der Waals surface area contributed by atoms with Crippen molar-refractivity contribution >= 4 is 21.7 Å². The van der Waals surface area contributed by atoms with Crippen LogP contribution >= 0.6 is 0 Å². The zero-order valence-electron chi connectivity index (χ0n) is 13.7. The fourth-order valence-electron chi connectivity index (χ4n) is 2.08. The maximum atomic E-state index is 12.2. The molecule has 0 fully saturated rings. The van der Waals surface area contributed by atoms with Gasteiger partial charge >= 0.3 is 0 Å². The molecule has 8 heteroatoms. The van der Waals surface area contributed by atoms with Crippen LogP contribution in [0.25, 0.3) is 0 Å². The minimum Gasteiger partial charge on any atom is -0.360 e. The first kappa shape index (κ1) is 18.0. The predicted octanol–water partition coefficient (Wildman–Crippen LogP) is 2.70. The largest absolute Gasteiger partial charge is 0.360 e. The van der Waals surface area contributed by atoms with Crippen molar-refractivity contribution in [2.45, 2.75) is 38.0 Å². The van der Waals surface area contributed by atoms with Crippen LogP contribution in [-0.4, -0.2) is 26.0 Å². The van der Waals surface area contributed by atoms with Gasteiger partial charge in [-0.05, 0) is 37.6 Å². The summed E-state index contributed by atoms with van der Waals surface area (Å²) in [5.74, 6) is 0.406. The standard InChI is InChI=1S/C16H21N3O4S/c1-3-4-5-10-17-16(20)13-6-8-14(9-7-13)24(21,22)19-15-11-12(2)23-18-15/h6-9,11H,3-5,10H2,1-2H3,(H,17,20)(H,18,19). The molecule has 0 saturated heterocycles. The molecule has 0 atom stereocenters. The minimum atomic E-state index is -3.77. The third-order valence-corrected chi connectivity index (χ3v) is 4.73. The summed E-state index contributed by atoms with van der Waals surface area (Å²) in [6, 6.07) is 7.22. The highest BCUT2D eigenvalue weighted by molar-refractivity contribution is 7.92. The van der Waals surface area contributed by atoms with Crippen LogP contribution in [0.15, 0.2) is 39.8 Å². The van der Waals surface area contributed by atoms with Gasteiger partial charge in [-0.15, -0.1) is 0 Å². The normalized spacial score (nSPS) is 11.2. The smallest absolute Gasteiger partial charge is 0.263 e. The molecule has 1 aromatic carbocycles. The van der Waals surface area contributed by atoms with E-state index in [1.165, 1.54) is 30.3 Å². The monoisotopic (exact) mass is 351 g/mol. The Morgan fingerprint density at radius 2 is 1.92 bits per heavy atom. The summed E-state index contributed by atoms with van der Waals surface area (Å²) in [5.41, 5.74) is 0.419. The molecule has 2 N–H and O–H groups in total. The SMILES string of the molecule is CCCCCNC(=O)c1ccc(S(=O)(=O)Nc2cc(C)on2)cc1. The number of rotatable bonds is 8. The Morgan fingerprint density at radius 3 is 2.50 bits per heavy atom. The number of sulfonamides is 1. The van der Waals surface area contributed by atoms with Crippen LogP contribution in [0.1, 0.15) is 42.3 Å². The van der Waals surface area contributed by atoms with Crippen LogP contribution in [0.5, 0.6) is 0 Å². The first-order valence-corrected chi connectivity index (χ1v) is 9.25. The Morgan fingerprint density at radius 1 is 1.21 bits per heavy atom. The van der Waals surface area contributed by atoms with E-state index in [1.807, 2.05) is 0 Å². The molecule has 2 rings (SSSR count). The lowest BCUT2D eigenvalue weighted by Gasteiger charge is -2.07. The number of aromatic nitrogens is 1. The molecule has 0 spiro atoms. The number of nitrogens with zero attached hydrogens (tertiary/aromatic N) is 1. The van der Waals surface area contributed by atoms with Crippen LogP contribution in [-0.2, 0) is 10.0 Å². The number of benzene rings is 1. The van der Waals surface area contributed by atoms with Crippen molar-refractivity contribution in [1.82, 2.24) is 10.5 Å². The molecule has 0 unspecified atom stereocenters. The zero-order chi connectivity index (χ0) is 17.6. The number of anilines is 1. The van der Waals surface area contributed by atoms with E-state index in [2.05, 4.69) is 22.1 Å². The molecule has 1 heterocycles. The second kappa shape index (κ2) is 7.96. The molecule has 0 radical (unpaired) electrons. The lowest BCUT2D eigenvalue weighted by molar-refractivity contribution is 0.0953. The maximum absolute atomic E-state index is 12.2. The topological polar surface area (TPSA) is 101 Å². The minimum absolute atomic E-state index is 0.0469. The highest BCUT2D eigenvalue weighted by Crippen LogP contribution is 2.16. The molecule has 0 aliphatic carbocycles. The van der Waals surface area contributed by atoms with Gasteiger partial charge in [0.25, 0.3) is 15.9 Å². The molecule has 2 aromatic rings. The molecule has 0 bridgehead atoms. The highest BCUT2D eigenvalue weighted by atomic mass is 32.2. The van der Waals surface area contributed by atoms with Crippen molar-refractivity contribution < 1.29 is 17.7 Å². The molecule has 1 aromatic heterocycles. The van der Waals surface area contributed by atoms with Gasteiger partial charge in [0.15, 0.2) is 5.82 Å². The summed E-state index contributed by atoms with van der Waals surface area (Å²) in [5, 5.41) is 6.40. The fourth-order valence-corrected chi connectivity index (χ4v) is 3.06. The zero-order valence-corrected chi connectivity index (χ0v) is 14.5. The molecule has 24 heavy (non-hydrogen) atoms. The van der Waals surface area contributed by atoms with Crippen LogP contribution in [0.2, 0.25) is 0 Å². The molecule has 0 saturated carbocycles. The molecular weight excluding hydrogens is 330 g/mol. The van der Waals surface area contributed by atoms with E-state index in [0.29, 0.717) is 17.9 Å². The van der Waals surface area contributed by atoms with E-state index in [9.17, 15) is 13.2 Å². The van der Waals surface area contributed by atoms with Crippen LogP contribution in [0.4, 0.5) is 5.82 Å². The average Bonchev–Trinajstić information content (AvgIpc) is 2.95. The van der Waals surface area contributed by atoms with Gasteiger partial charge in [0.05, 0.1) is 4.90 Å². The third-order valence-electron chi connectivity index (χ3n) is 3.36. The van der Waals surface area contributed by atoms with E-state index >= 15 is 0 Å². The number of nitrogens with one attached hydrogen (secondary N) is 2. The van der Waals surface area contributed by atoms with Gasteiger partial charge in [-0.25, -0.2) is 8.42 Å². The van der Waals surface area contributed by atoms with Crippen molar-refractivity contribution in [2.24, 2.45) is 0 Å². The Hall–Kier alpha value is -2.35. The maximum Gasteiger partial charge on any atom is 0.263 e. The highest BCUT2D eigenvalue weighted by Gasteiger charge is 2.17. The fraction of sp³-hybridized carbons (Fsp3) is 0.375. The Labute approximate surface area is 141 Å². The lowest BCUT2D eigenvalue weighted by Crippen LogP contribution is -2.24. The molecule has 7 nitrogen and oxygen atoms in total. The Balaban J connectivity index is 2.01. The van der Waals surface area contributed by atoms with Crippen molar-refractivity contribution in [2.75, 3.05) is 11.3 Å². The van der Waals surface area contributed by atoms with Crippen LogP contribution < -0.4 is 10.0 Å². The summed E-state index contributed by atoms with van der Waals surface area (Å²) in [6.45, 7) is 4.37. The number of unbranched alkanes of at least 4 members (excludes halogenated alkanes) is 2. The molecule has 0 aliphatic heterocycles. The van der Waals surface area contributed by atoms with Gasteiger partial charge in [0, 0.05) is 18.2 Å². The second-order valence-electron chi connectivity index (χ2n) is 5.42. The van der Waals surface area contributed by atoms with E-state index in [-0.39, 0.29) is 16.6 Å². The number of carbonyl (C=O) groups is 1. The average molecular weight is 351 g/mol. The number of aryl methyl sites for hydroxylation is 1. The van der Waals surface area contributed by atoms with Gasteiger partial charge in [0.1, 0.15) is 5.76 Å². The first-order chi connectivity index (χ1) is 11.4. The van der Waals surface area contributed by atoms with Crippen molar-refractivity contribution in [3.05, 3.63) is 41.7 Å². The van der Waals surface area contributed by atoms with E-state index < -0.39 is 10.0 Å². The Bertz CT molecular complexity index is 782. The van der Waals surface area contributed by atoms with E-state index in [4.69, 9.17) is 4.52 Å². The lowest BCUT2D eigenvalue weighted by atomic mass is 10.2. The predicted molar refractivity (Wildman–Crippen MR) is 90.3 cm³/mol. The van der Waals surface area contributed by atoms with Gasteiger partial charge in [-0.1, -0.05) is 24.9 Å². The molecular formula is C16H21N3O4S. The van der Waals surface area contributed by atoms with Gasteiger partial charge in [0.2, 0.25) is 0 Å². The quantitative estimate of drug-likeness (QED) is 0.712. The summed E-state index contributed by atoms with van der Waals surface area (Å²) in [7, 11) is -3.77. The van der Waals surface area contributed by atoms with Crippen molar-refractivity contribution in [3.8, 4) is 0 Å². The number of amides is 1. The van der Waals surface area contributed by atoms with Gasteiger partial charge < -0.3 is 9.84 Å². The van der Waals surface area contributed by atoms with E-state index in [0.717, 1.165) is 19.3 Å². The summed E-state index contributed by atoms with van der Waals surface area (Å²) in [4.78, 5) is 12.0. The number of hydrogen-bond acceptors (Lipinski definition) is 5. The van der Waals surface area contributed by atoms with Crippen molar-refractivity contribution in [1.29, 1.82) is 0 Å². The molecule has 1 amide bonds. The summed E-state index contributed by atoms with van der Waals surface area (Å²) < 4.78 is 31.6. The number of hydrogen-bond donors (Lipinski definition) is 2. The molecule has 130 valence electrons. The van der Waals surface area contributed by atoms with Gasteiger partial charge in [-0.2, -0.15) is 0 Å². The molecule has 0 aliphatic rings. The van der Waals surface area contributed by atoms with Crippen LogP contribution in [0.3, 0.4) is 0 Å². The third kappa shape index (κ3) is 4.82. The van der Waals surface area contributed by atoms with Crippen LogP contribution in [0, 0.1) is 6.92 Å². The summed E-state index contributed by atoms with van der Waals surface area (Å²) in [6.07, 6.45) is 3.07. The summed E-state index contributed by atoms with van der Waals surface area (Å²) >= 11 is 0. The van der Waals surface area contributed by atoms with Gasteiger partial charge in [-0.3, -0.25) is 9.52 Å².